The molecule has 0 radical (unpaired) electrons. The van der Waals surface area contributed by atoms with Crippen molar-refractivity contribution in [1.82, 2.24) is 5.43 Å². The minimum absolute atomic E-state index is 0.273. The number of nitrogens with one attached hydrogen (secondary N) is 1. The van der Waals surface area contributed by atoms with Gasteiger partial charge in [-0.3, -0.25) is 10.2 Å². The number of hydrogen-bond acceptors (Lipinski definition) is 5. The van der Waals surface area contributed by atoms with E-state index in [0.717, 1.165) is 10.4 Å². The fraction of sp³-hybridized carbons (Fsp3) is 0.235. The van der Waals surface area contributed by atoms with E-state index in [4.69, 9.17) is 10.6 Å². The SMILES string of the molecule is CN(N)c1c(F)ccc(C2CC2)c1/C=C/c1cccs1.NNC=O. The normalized spacial score (nSPS) is 13.3. The van der Waals surface area contributed by atoms with Crippen molar-refractivity contribution in [2.45, 2.75) is 18.8 Å². The van der Waals surface area contributed by atoms with Crippen LogP contribution in [-0.2, 0) is 4.79 Å². The summed E-state index contributed by atoms with van der Waals surface area (Å²) in [4.78, 5) is 10.1. The molecule has 1 aromatic carbocycles. The van der Waals surface area contributed by atoms with Gasteiger partial charge >= 0.3 is 0 Å². The predicted molar refractivity (Wildman–Crippen MR) is 97.6 cm³/mol. The van der Waals surface area contributed by atoms with E-state index in [1.165, 1.54) is 29.5 Å². The first-order valence-electron chi connectivity index (χ1n) is 7.50. The van der Waals surface area contributed by atoms with Crippen LogP contribution in [0.1, 0.15) is 34.8 Å². The molecule has 0 aliphatic heterocycles. The van der Waals surface area contributed by atoms with Crippen LogP contribution < -0.4 is 22.1 Å². The van der Waals surface area contributed by atoms with Crippen LogP contribution in [0.25, 0.3) is 12.2 Å². The molecule has 0 unspecified atom stereocenters. The van der Waals surface area contributed by atoms with Crippen LogP contribution in [0, 0.1) is 5.82 Å². The Hall–Kier alpha value is -2.22. The molecule has 1 aliphatic carbocycles. The molecule has 24 heavy (non-hydrogen) atoms. The van der Waals surface area contributed by atoms with Crippen molar-refractivity contribution >= 4 is 35.6 Å². The number of hydrogen-bond donors (Lipinski definition) is 3. The predicted octanol–water partition coefficient (Wildman–Crippen LogP) is 2.85. The van der Waals surface area contributed by atoms with Crippen molar-refractivity contribution in [1.29, 1.82) is 0 Å². The number of benzene rings is 1. The van der Waals surface area contributed by atoms with Crippen molar-refractivity contribution in [2.24, 2.45) is 11.7 Å². The van der Waals surface area contributed by atoms with Crippen LogP contribution in [0.5, 0.6) is 0 Å². The van der Waals surface area contributed by atoms with Gasteiger partial charge in [-0.2, -0.15) is 0 Å². The molecule has 1 amide bonds. The molecule has 7 heteroatoms. The lowest BCUT2D eigenvalue weighted by Gasteiger charge is -2.19. The van der Waals surface area contributed by atoms with Crippen molar-refractivity contribution in [3.63, 3.8) is 0 Å². The van der Waals surface area contributed by atoms with E-state index in [1.807, 2.05) is 35.7 Å². The van der Waals surface area contributed by atoms with Gasteiger partial charge < -0.3 is 5.01 Å². The molecule has 1 aromatic heterocycles. The lowest BCUT2D eigenvalue weighted by Crippen LogP contribution is -2.27. The highest BCUT2D eigenvalue weighted by atomic mass is 32.1. The molecule has 0 saturated heterocycles. The van der Waals surface area contributed by atoms with E-state index in [2.05, 4.69) is 5.84 Å². The maximum absolute atomic E-state index is 14.1. The quantitative estimate of drug-likeness (QED) is 0.336. The lowest BCUT2D eigenvalue weighted by molar-refractivity contribution is -0.109. The van der Waals surface area contributed by atoms with Gasteiger partial charge in [-0.1, -0.05) is 18.2 Å². The number of nitrogens with zero attached hydrogens (tertiary/aromatic N) is 1. The first-order valence-corrected chi connectivity index (χ1v) is 8.38. The summed E-state index contributed by atoms with van der Waals surface area (Å²) in [6, 6.07) is 7.47. The Balaban J connectivity index is 0.000000471. The molecule has 0 spiro atoms. The fourth-order valence-corrected chi connectivity index (χ4v) is 3.05. The minimum atomic E-state index is -0.273. The second-order valence-corrected chi connectivity index (χ2v) is 6.40. The molecule has 1 aliphatic rings. The topological polar surface area (TPSA) is 84.4 Å². The van der Waals surface area contributed by atoms with Crippen molar-refractivity contribution < 1.29 is 9.18 Å². The van der Waals surface area contributed by atoms with Crippen molar-refractivity contribution in [3.05, 3.63) is 51.5 Å². The van der Waals surface area contributed by atoms with Gasteiger partial charge in [-0.15, -0.1) is 11.3 Å². The van der Waals surface area contributed by atoms with E-state index < -0.39 is 0 Å². The Morgan fingerprint density at radius 3 is 2.54 bits per heavy atom. The highest BCUT2D eigenvalue weighted by Crippen LogP contribution is 2.44. The van der Waals surface area contributed by atoms with Crippen LogP contribution in [0.3, 0.4) is 0 Å². The third kappa shape index (κ3) is 4.64. The monoisotopic (exact) mass is 348 g/mol. The van der Waals surface area contributed by atoms with Crippen molar-refractivity contribution in [2.75, 3.05) is 12.1 Å². The molecule has 1 fully saturated rings. The Bertz CT molecular complexity index is 697. The first-order chi connectivity index (χ1) is 11.6. The number of thiophene rings is 1. The summed E-state index contributed by atoms with van der Waals surface area (Å²) in [5.74, 6) is 10.5. The number of nitrogens with two attached hydrogens (primary N) is 2. The largest absolute Gasteiger partial charge is 0.311 e. The molecule has 128 valence electrons. The minimum Gasteiger partial charge on any atom is -0.311 e. The average Bonchev–Trinajstić information content (AvgIpc) is 3.28. The summed E-state index contributed by atoms with van der Waals surface area (Å²) in [6.07, 6.45) is 6.78. The zero-order valence-electron chi connectivity index (χ0n) is 13.4. The van der Waals surface area contributed by atoms with Gasteiger partial charge in [-0.25, -0.2) is 16.1 Å². The van der Waals surface area contributed by atoms with Crippen LogP contribution in [-0.4, -0.2) is 13.5 Å². The van der Waals surface area contributed by atoms with Crippen molar-refractivity contribution in [3.8, 4) is 0 Å². The highest BCUT2D eigenvalue weighted by Gasteiger charge is 2.28. The fourth-order valence-electron chi connectivity index (χ4n) is 2.43. The van der Waals surface area contributed by atoms with E-state index in [0.29, 0.717) is 18.0 Å². The molecule has 0 bridgehead atoms. The van der Waals surface area contributed by atoms with Gasteiger partial charge in [0.15, 0.2) is 0 Å². The number of carbonyl (C=O) groups is 1. The molecule has 1 saturated carbocycles. The van der Waals surface area contributed by atoms with Gasteiger partial charge in [0, 0.05) is 17.5 Å². The number of carbonyl (C=O) groups excluding carboxylic acids is 1. The average molecular weight is 348 g/mol. The Labute approximate surface area is 144 Å². The van der Waals surface area contributed by atoms with Crippen LogP contribution >= 0.6 is 11.3 Å². The summed E-state index contributed by atoms with van der Waals surface area (Å²) in [5.41, 5.74) is 4.33. The third-order valence-electron chi connectivity index (χ3n) is 3.60. The summed E-state index contributed by atoms with van der Waals surface area (Å²) in [7, 11) is 1.68. The number of rotatable bonds is 5. The zero-order chi connectivity index (χ0) is 17.5. The maximum atomic E-state index is 14.1. The van der Waals surface area contributed by atoms with Crippen LogP contribution in [0.15, 0.2) is 29.6 Å². The Morgan fingerprint density at radius 1 is 1.33 bits per heavy atom. The lowest BCUT2D eigenvalue weighted by atomic mass is 10.00. The van der Waals surface area contributed by atoms with Gasteiger partial charge in [-0.05, 0) is 47.9 Å². The van der Waals surface area contributed by atoms with Gasteiger partial charge in [0.2, 0.25) is 6.41 Å². The first kappa shape index (κ1) is 18.1. The molecule has 0 atom stereocenters. The van der Waals surface area contributed by atoms with E-state index >= 15 is 0 Å². The standard InChI is InChI=1S/C16H17FN2S.CH4N2O/c1-19(18)16-14(7-6-12-3-2-10-20-12)13(11-4-5-11)8-9-15(16)17;2-3-1-4/h2-3,6-11H,4-5,18H2,1H3;1H,2H2,(H,3,4)/b7-6+;. The third-order valence-corrected chi connectivity index (χ3v) is 4.43. The Kier molecular flexibility index (Phi) is 6.48. The number of anilines is 1. The summed E-state index contributed by atoms with van der Waals surface area (Å²) in [5, 5.41) is 3.40. The second kappa shape index (κ2) is 8.58. The maximum Gasteiger partial charge on any atom is 0.221 e. The molecule has 5 nitrogen and oxygen atoms in total. The number of amides is 1. The molecule has 5 N–H and O–H groups in total. The van der Waals surface area contributed by atoms with Gasteiger partial charge in [0.1, 0.15) is 5.82 Å². The van der Waals surface area contributed by atoms with E-state index in [1.54, 1.807) is 23.8 Å². The summed E-state index contributed by atoms with van der Waals surface area (Å²) in [6.45, 7) is 0. The van der Waals surface area contributed by atoms with Crippen LogP contribution in [0.4, 0.5) is 10.1 Å². The van der Waals surface area contributed by atoms with Crippen LogP contribution in [0.2, 0.25) is 0 Å². The molecule has 2 aromatic rings. The Morgan fingerprint density at radius 2 is 2.04 bits per heavy atom. The zero-order valence-corrected chi connectivity index (χ0v) is 14.2. The highest BCUT2D eigenvalue weighted by molar-refractivity contribution is 7.10. The smallest absolute Gasteiger partial charge is 0.221 e. The molecule has 1 heterocycles. The molecular formula is C17H21FN4OS. The van der Waals surface area contributed by atoms with Gasteiger partial charge in [0.05, 0.1) is 5.69 Å². The summed E-state index contributed by atoms with van der Waals surface area (Å²) >= 11 is 1.67. The van der Waals surface area contributed by atoms with E-state index in [-0.39, 0.29) is 5.82 Å². The molecule has 3 rings (SSSR count). The second-order valence-electron chi connectivity index (χ2n) is 5.42. The number of halogens is 1. The summed E-state index contributed by atoms with van der Waals surface area (Å²) < 4.78 is 14.1. The molecular weight excluding hydrogens is 327 g/mol. The number of hydrazine groups is 2. The van der Waals surface area contributed by atoms with E-state index in [9.17, 15) is 4.39 Å². The van der Waals surface area contributed by atoms with Gasteiger partial charge in [0.25, 0.3) is 0 Å².